The fourth-order valence-electron chi connectivity index (χ4n) is 5.34. The molecular formula is C27H32FN5OS. The zero-order valence-electron chi connectivity index (χ0n) is 20.1. The number of benzene rings is 1. The first kappa shape index (κ1) is 23.9. The normalized spacial score (nSPS) is 20.5. The molecule has 2 aliphatic rings. The van der Waals surface area contributed by atoms with Crippen molar-refractivity contribution < 1.29 is 9.18 Å². The van der Waals surface area contributed by atoms with Gasteiger partial charge in [0.2, 0.25) is 0 Å². The summed E-state index contributed by atoms with van der Waals surface area (Å²) >= 11 is 1.32. The first-order chi connectivity index (χ1) is 17.1. The lowest BCUT2D eigenvalue weighted by Crippen LogP contribution is -2.49. The SMILES string of the molecule is C[C@H](Nc1ncc(C(=O)N2CCC(N3CCCC(c4ccccc4)C3)CC2)s1)c1ncccc1F. The predicted molar refractivity (Wildman–Crippen MR) is 137 cm³/mol. The molecule has 2 saturated heterocycles. The van der Waals surface area contributed by atoms with E-state index in [1.165, 1.54) is 35.8 Å². The molecule has 1 aromatic carbocycles. The molecule has 0 spiro atoms. The second-order valence-electron chi connectivity index (χ2n) is 9.53. The monoisotopic (exact) mass is 493 g/mol. The molecule has 0 bridgehead atoms. The highest BCUT2D eigenvalue weighted by Crippen LogP contribution is 2.31. The Hall–Kier alpha value is -2.84. The standard InChI is InChI=1S/C27H32FN5OS/c1-19(25-23(28)10-5-13-29-25)31-27-30-17-24(35-27)26(34)32-15-11-22(12-16-32)33-14-6-9-21(18-33)20-7-3-2-4-8-20/h2-5,7-8,10,13,17,19,21-22H,6,9,11-12,14-16,18H2,1H3,(H,30,31)/t19-,21?/m0/s1. The summed E-state index contributed by atoms with van der Waals surface area (Å²) < 4.78 is 14.0. The second kappa shape index (κ2) is 10.8. The number of pyridine rings is 1. The van der Waals surface area contributed by atoms with Crippen molar-refractivity contribution in [2.45, 2.75) is 50.6 Å². The van der Waals surface area contributed by atoms with Crippen LogP contribution in [0, 0.1) is 5.82 Å². The van der Waals surface area contributed by atoms with Crippen molar-refractivity contribution in [1.29, 1.82) is 0 Å². The van der Waals surface area contributed by atoms with Gasteiger partial charge in [-0.1, -0.05) is 41.7 Å². The maximum atomic E-state index is 14.0. The first-order valence-corrected chi connectivity index (χ1v) is 13.3. The van der Waals surface area contributed by atoms with Crippen LogP contribution in [0.2, 0.25) is 0 Å². The minimum absolute atomic E-state index is 0.0338. The Bertz CT molecular complexity index is 1130. The van der Waals surface area contributed by atoms with E-state index < -0.39 is 0 Å². The maximum Gasteiger partial charge on any atom is 0.265 e. The number of piperidine rings is 2. The highest BCUT2D eigenvalue weighted by Gasteiger charge is 2.31. The summed E-state index contributed by atoms with van der Waals surface area (Å²) in [5.41, 5.74) is 1.78. The summed E-state index contributed by atoms with van der Waals surface area (Å²) in [5, 5.41) is 3.77. The largest absolute Gasteiger partial charge is 0.353 e. The molecule has 6 nitrogen and oxygen atoms in total. The van der Waals surface area contributed by atoms with Crippen LogP contribution < -0.4 is 5.32 Å². The molecule has 35 heavy (non-hydrogen) atoms. The molecular weight excluding hydrogens is 461 g/mol. The zero-order valence-corrected chi connectivity index (χ0v) is 20.9. The molecule has 3 aromatic rings. The minimum atomic E-state index is -0.355. The number of nitrogens with one attached hydrogen (secondary N) is 1. The Balaban J connectivity index is 1.14. The van der Waals surface area contributed by atoms with E-state index in [2.05, 4.69) is 50.5 Å². The smallest absolute Gasteiger partial charge is 0.265 e. The zero-order chi connectivity index (χ0) is 24.2. The second-order valence-corrected chi connectivity index (χ2v) is 10.6. The Morgan fingerprint density at radius 2 is 1.89 bits per heavy atom. The van der Waals surface area contributed by atoms with Crippen molar-refractivity contribution in [3.63, 3.8) is 0 Å². The van der Waals surface area contributed by atoms with Gasteiger partial charge >= 0.3 is 0 Å². The van der Waals surface area contributed by atoms with Gasteiger partial charge in [-0.25, -0.2) is 9.37 Å². The van der Waals surface area contributed by atoms with E-state index in [9.17, 15) is 9.18 Å². The number of halogens is 1. The number of hydrogen-bond acceptors (Lipinski definition) is 6. The number of carbonyl (C=O) groups is 1. The number of rotatable bonds is 6. The van der Waals surface area contributed by atoms with Crippen molar-refractivity contribution in [2.24, 2.45) is 0 Å². The summed E-state index contributed by atoms with van der Waals surface area (Å²) in [5.74, 6) is 0.285. The molecule has 2 atom stereocenters. The lowest BCUT2D eigenvalue weighted by Gasteiger charge is -2.42. The maximum absolute atomic E-state index is 14.0. The molecule has 5 rings (SSSR count). The van der Waals surface area contributed by atoms with Gasteiger partial charge in [-0.3, -0.25) is 14.7 Å². The number of hydrogen-bond donors (Lipinski definition) is 1. The molecule has 0 aliphatic carbocycles. The lowest BCUT2D eigenvalue weighted by atomic mass is 9.89. The molecule has 0 radical (unpaired) electrons. The van der Waals surface area contributed by atoms with Crippen LogP contribution in [0.15, 0.2) is 54.9 Å². The highest BCUT2D eigenvalue weighted by molar-refractivity contribution is 7.17. The van der Waals surface area contributed by atoms with Crippen LogP contribution in [-0.4, -0.2) is 57.9 Å². The van der Waals surface area contributed by atoms with Gasteiger partial charge in [-0.05, 0) is 62.8 Å². The summed E-state index contributed by atoms with van der Waals surface area (Å²) in [6.45, 7) is 5.64. The number of carbonyl (C=O) groups excluding carboxylic acids is 1. The Morgan fingerprint density at radius 1 is 1.09 bits per heavy atom. The van der Waals surface area contributed by atoms with Gasteiger partial charge in [0.05, 0.1) is 17.9 Å². The molecule has 2 fully saturated rings. The topological polar surface area (TPSA) is 61.4 Å². The average Bonchev–Trinajstić information content (AvgIpc) is 3.37. The van der Waals surface area contributed by atoms with Crippen LogP contribution in [0.25, 0.3) is 0 Å². The van der Waals surface area contributed by atoms with E-state index in [0.717, 1.165) is 39.0 Å². The van der Waals surface area contributed by atoms with E-state index in [1.54, 1.807) is 18.5 Å². The molecule has 1 amide bonds. The van der Waals surface area contributed by atoms with E-state index >= 15 is 0 Å². The van der Waals surface area contributed by atoms with E-state index in [0.29, 0.717) is 27.7 Å². The fourth-order valence-corrected chi connectivity index (χ4v) is 6.21. The van der Waals surface area contributed by atoms with Gasteiger partial charge in [0.15, 0.2) is 5.13 Å². The molecule has 4 heterocycles. The van der Waals surface area contributed by atoms with Gasteiger partial charge in [-0.2, -0.15) is 0 Å². The Labute approximate surface area is 210 Å². The van der Waals surface area contributed by atoms with Gasteiger partial charge in [0.25, 0.3) is 5.91 Å². The van der Waals surface area contributed by atoms with Gasteiger partial charge in [0, 0.05) is 31.9 Å². The van der Waals surface area contributed by atoms with Gasteiger partial charge < -0.3 is 10.2 Å². The van der Waals surface area contributed by atoms with Crippen molar-refractivity contribution >= 4 is 22.4 Å². The van der Waals surface area contributed by atoms with Crippen molar-refractivity contribution in [2.75, 3.05) is 31.5 Å². The minimum Gasteiger partial charge on any atom is -0.353 e. The quantitative estimate of drug-likeness (QED) is 0.503. The number of thiazole rings is 1. The average molecular weight is 494 g/mol. The Kier molecular flexibility index (Phi) is 7.39. The van der Waals surface area contributed by atoms with Crippen molar-refractivity contribution in [3.05, 3.63) is 76.8 Å². The number of anilines is 1. The van der Waals surface area contributed by atoms with Crippen LogP contribution in [0.4, 0.5) is 9.52 Å². The molecule has 2 aromatic heterocycles. The van der Waals surface area contributed by atoms with Crippen molar-refractivity contribution in [3.8, 4) is 0 Å². The predicted octanol–water partition coefficient (Wildman–Crippen LogP) is 5.33. The number of nitrogens with zero attached hydrogens (tertiary/aromatic N) is 4. The first-order valence-electron chi connectivity index (χ1n) is 12.5. The Morgan fingerprint density at radius 3 is 2.66 bits per heavy atom. The summed E-state index contributed by atoms with van der Waals surface area (Å²) in [7, 11) is 0. The van der Waals surface area contributed by atoms with E-state index in [-0.39, 0.29) is 17.8 Å². The van der Waals surface area contributed by atoms with Crippen LogP contribution in [0.5, 0.6) is 0 Å². The van der Waals surface area contributed by atoms with E-state index in [4.69, 9.17) is 0 Å². The van der Waals surface area contributed by atoms with Crippen LogP contribution in [0.1, 0.15) is 65.5 Å². The van der Waals surface area contributed by atoms with Crippen LogP contribution >= 0.6 is 11.3 Å². The lowest BCUT2D eigenvalue weighted by molar-refractivity contribution is 0.0575. The number of aromatic nitrogens is 2. The third-order valence-corrected chi connectivity index (χ3v) is 8.16. The molecule has 1 N–H and O–H groups in total. The molecule has 2 aliphatic heterocycles. The van der Waals surface area contributed by atoms with Crippen LogP contribution in [0.3, 0.4) is 0 Å². The molecule has 184 valence electrons. The van der Waals surface area contributed by atoms with E-state index in [1.807, 2.05) is 11.8 Å². The van der Waals surface area contributed by atoms with Crippen LogP contribution in [-0.2, 0) is 0 Å². The molecule has 1 unspecified atom stereocenters. The van der Waals surface area contributed by atoms with Gasteiger partial charge in [-0.15, -0.1) is 0 Å². The third-order valence-electron chi connectivity index (χ3n) is 7.25. The fraction of sp³-hybridized carbons (Fsp3) is 0.444. The third kappa shape index (κ3) is 5.54. The van der Waals surface area contributed by atoms with Crippen molar-refractivity contribution in [1.82, 2.24) is 19.8 Å². The number of likely N-dealkylation sites (tertiary alicyclic amines) is 2. The highest BCUT2D eigenvalue weighted by atomic mass is 32.1. The summed E-state index contributed by atoms with van der Waals surface area (Å²) in [4.78, 5) is 26.8. The number of amides is 1. The summed E-state index contributed by atoms with van der Waals surface area (Å²) in [6, 6.07) is 14.0. The molecule has 8 heteroatoms. The molecule has 0 saturated carbocycles. The summed E-state index contributed by atoms with van der Waals surface area (Å²) in [6.07, 6.45) is 7.70. The van der Waals surface area contributed by atoms with Gasteiger partial charge in [0.1, 0.15) is 10.7 Å².